The Morgan fingerprint density at radius 1 is 0.340 bits per heavy atom. The van der Waals surface area contributed by atoms with Crippen molar-refractivity contribution >= 4 is 71.3 Å². The van der Waals surface area contributed by atoms with E-state index in [2.05, 4.69) is 181 Å². The van der Waals surface area contributed by atoms with E-state index in [0.717, 1.165) is 50.1 Å². The highest BCUT2D eigenvalue weighted by Crippen LogP contribution is 2.42. The molecular weight excluding hydrogens is 607 g/mol. The molecule has 10 rings (SSSR count). The van der Waals surface area contributed by atoms with Gasteiger partial charge in [0, 0.05) is 33.4 Å². The number of rotatable bonds is 5. The van der Waals surface area contributed by atoms with Crippen LogP contribution in [0.25, 0.3) is 76.5 Å². The quantitative estimate of drug-likeness (QED) is 0.175. The fourth-order valence-corrected chi connectivity index (χ4v) is 7.63. The van der Waals surface area contributed by atoms with Gasteiger partial charge >= 0.3 is 0 Å². The zero-order chi connectivity index (χ0) is 33.0. The standard InChI is InChI=1S/C48H31NO/c1-2-10-32(11-3-1)33-24-26-38(27-25-33)49(40-28-29-42-37(31-40)23-22-35-21-20-34-12-4-5-15-41(34)47(35)42)39-14-8-13-36(30-39)43-17-9-18-45-44-16-6-7-19-46(44)50-48(43)45/h1-31H. The van der Waals surface area contributed by atoms with Crippen LogP contribution in [0.4, 0.5) is 17.1 Å². The van der Waals surface area contributed by atoms with Gasteiger partial charge in [-0.15, -0.1) is 0 Å². The molecule has 0 atom stereocenters. The minimum Gasteiger partial charge on any atom is -0.455 e. The van der Waals surface area contributed by atoms with Gasteiger partial charge in [-0.3, -0.25) is 0 Å². The smallest absolute Gasteiger partial charge is 0.143 e. The number of para-hydroxylation sites is 2. The highest BCUT2D eigenvalue weighted by molar-refractivity contribution is 6.20. The molecule has 0 amide bonds. The maximum absolute atomic E-state index is 6.46. The van der Waals surface area contributed by atoms with Crippen LogP contribution in [0, 0.1) is 0 Å². The average Bonchev–Trinajstić information content (AvgIpc) is 3.57. The summed E-state index contributed by atoms with van der Waals surface area (Å²) >= 11 is 0. The summed E-state index contributed by atoms with van der Waals surface area (Å²) in [6.07, 6.45) is 0. The normalized spacial score (nSPS) is 11.6. The van der Waals surface area contributed by atoms with Crippen molar-refractivity contribution < 1.29 is 4.42 Å². The first-order chi connectivity index (χ1) is 24.8. The molecule has 0 saturated heterocycles. The van der Waals surface area contributed by atoms with Crippen LogP contribution in [0.15, 0.2) is 192 Å². The minimum absolute atomic E-state index is 0.905. The summed E-state index contributed by atoms with van der Waals surface area (Å²) in [6, 6.07) is 67.5. The van der Waals surface area contributed by atoms with E-state index in [0.29, 0.717) is 0 Å². The lowest BCUT2D eigenvalue weighted by Gasteiger charge is -2.27. The molecule has 10 aromatic rings. The fourth-order valence-electron chi connectivity index (χ4n) is 7.63. The molecule has 0 N–H and O–H groups in total. The first kappa shape index (κ1) is 28.4. The second-order valence-electron chi connectivity index (χ2n) is 12.9. The van der Waals surface area contributed by atoms with Gasteiger partial charge in [0.25, 0.3) is 0 Å². The summed E-state index contributed by atoms with van der Waals surface area (Å²) in [5.41, 5.74) is 9.67. The summed E-state index contributed by atoms with van der Waals surface area (Å²) < 4.78 is 6.46. The maximum Gasteiger partial charge on any atom is 0.143 e. The van der Waals surface area contributed by atoms with Gasteiger partial charge in [0.05, 0.1) is 0 Å². The topological polar surface area (TPSA) is 16.4 Å². The number of benzene rings is 9. The predicted octanol–water partition coefficient (Wildman–Crippen LogP) is 13.8. The van der Waals surface area contributed by atoms with E-state index >= 15 is 0 Å². The lowest BCUT2D eigenvalue weighted by molar-refractivity contribution is 0.670. The molecule has 9 aromatic carbocycles. The fraction of sp³-hybridized carbons (Fsp3) is 0. The first-order valence-corrected chi connectivity index (χ1v) is 17.1. The number of anilines is 3. The van der Waals surface area contributed by atoms with Gasteiger partial charge < -0.3 is 9.32 Å². The second kappa shape index (κ2) is 11.5. The van der Waals surface area contributed by atoms with Gasteiger partial charge in [-0.05, 0) is 91.5 Å². The van der Waals surface area contributed by atoms with Crippen molar-refractivity contribution in [2.75, 3.05) is 4.90 Å². The van der Waals surface area contributed by atoms with Crippen LogP contribution in [-0.2, 0) is 0 Å². The van der Waals surface area contributed by atoms with Gasteiger partial charge in [0.1, 0.15) is 11.2 Å². The van der Waals surface area contributed by atoms with Crippen molar-refractivity contribution in [3.8, 4) is 22.3 Å². The molecule has 0 aliphatic carbocycles. The van der Waals surface area contributed by atoms with Crippen molar-refractivity contribution in [3.63, 3.8) is 0 Å². The van der Waals surface area contributed by atoms with Gasteiger partial charge in [0.2, 0.25) is 0 Å². The van der Waals surface area contributed by atoms with Crippen LogP contribution in [0.3, 0.4) is 0 Å². The second-order valence-corrected chi connectivity index (χ2v) is 12.9. The van der Waals surface area contributed by atoms with Crippen LogP contribution >= 0.6 is 0 Å². The molecule has 0 fully saturated rings. The number of nitrogens with zero attached hydrogens (tertiary/aromatic N) is 1. The van der Waals surface area contributed by atoms with Crippen LogP contribution in [-0.4, -0.2) is 0 Å². The Labute approximate surface area is 290 Å². The molecule has 0 saturated carbocycles. The van der Waals surface area contributed by atoms with E-state index < -0.39 is 0 Å². The number of furan rings is 1. The zero-order valence-electron chi connectivity index (χ0n) is 27.3. The SMILES string of the molecule is c1ccc(-c2ccc(N(c3cccc(-c4cccc5c4oc4ccccc45)c3)c3ccc4c(ccc5ccc6ccccc6c54)c3)cc2)cc1. The van der Waals surface area contributed by atoms with Crippen LogP contribution in [0.1, 0.15) is 0 Å². The van der Waals surface area contributed by atoms with Crippen LogP contribution in [0.5, 0.6) is 0 Å². The third-order valence-electron chi connectivity index (χ3n) is 10.0. The van der Waals surface area contributed by atoms with E-state index in [1.54, 1.807) is 0 Å². The van der Waals surface area contributed by atoms with E-state index in [4.69, 9.17) is 4.42 Å². The van der Waals surface area contributed by atoms with Crippen LogP contribution < -0.4 is 4.90 Å². The van der Waals surface area contributed by atoms with Crippen molar-refractivity contribution in [2.24, 2.45) is 0 Å². The van der Waals surface area contributed by atoms with Crippen molar-refractivity contribution in [1.29, 1.82) is 0 Å². The number of hydrogen-bond acceptors (Lipinski definition) is 2. The summed E-state index contributed by atoms with van der Waals surface area (Å²) in [6.45, 7) is 0. The Hall–Kier alpha value is -6.64. The van der Waals surface area contributed by atoms with Crippen LogP contribution in [0.2, 0.25) is 0 Å². The zero-order valence-corrected chi connectivity index (χ0v) is 27.3. The molecule has 2 heteroatoms. The number of fused-ring (bicyclic) bond motifs is 8. The monoisotopic (exact) mass is 637 g/mol. The Balaban J connectivity index is 1.15. The molecule has 0 spiro atoms. The average molecular weight is 638 g/mol. The molecule has 0 radical (unpaired) electrons. The van der Waals surface area contributed by atoms with Gasteiger partial charge in [-0.25, -0.2) is 0 Å². The largest absolute Gasteiger partial charge is 0.455 e. The lowest BCUT2D eigenvalue weighted by atomic mass is 9.96. The van der Waals surface area contributed by atoms with E-state index in [1.807, 2.05) is 12.1 Å². The van der Waals surface area contributed by atoms with E-state index in [-0.39, 0.29) is 0 Å². The molecule has 1 heterocycles. The van der Waals surface area contributed by atoms with Crippen molar-refractivity contribution in [3.05, 3.63) is 188 Å². The molecule has 2 nitrogen and oxygen atoms in total. The molecule has 1 aromatic heterocycles. The third kappa shape index (κ3) is 4.65. The van der Waals surface area contributed by atoms with Gasteiger partial charge in [-0.1, -0.05) is 146 Å². The Morgan fingerprint density at radius 2 is 0.960 bits per heavy atom. The summed E-state index contributed by atoms with van der Waals surface area (Å²) in [5, 5.41) is 9.82. The predicted molar refractivity (Wildman–Crippen MR) is 212 cm³/mol. The van der Waals surface area contributed by atoms with Crippen molar-refractivity contribution in [2.45, 2.75) is 0 Å². The van der Waals surface area contributed by atoms with Gasteiger partial charge in [-0.2, -0.15) is 0 Å². The van der Waals surface area contributed by atoms with E-state index in [1.165, 1.54) is 43.4 Å². The molecule has 0 aliphatic rings. The first-order valence-electron chi connectivity index (χ1n) is 17.1. The van der Waals surface area contributed by atoms with E-state index in [9.17, 15) is 0 Å². The lowest BCUT2D eigenvalue weighted by Crippen LogP contribution is -2.10. The highest BCUT2D eigenvalue weighted by atomic mass is 16.3. The minimum atomic E-state index is 0.905. The Bertz CT molecular complexity index is 2870. The highest BCUT2D eigenvalue weighted by Gasteiger charge is 2.17. The summed E-state index contributed by atoms with van der Waals surface area (Å²) in [4.78, 5) is 2.36. The summed E-state index contributed by atoms with van der Waals surface area (Å²) in [5.74, 6) is 0. The Kier molecular flexibility index (Phi) is 6.53. The molecule has 0 bridgehead atoms. The molecular formula is C48H31NO. The van der Waals surface area contributed by atoms with Gasteiger partial charge in [0.15, 0.2) is 0 Å². The maximum atomic E-state index is 6.46. The molecule has 234 valence electrons. The number of hydrogen-bond donors (Lipinski definition) is 0. The Morgan fingerprint density at radius 3 is 1.84 bits per heavy atom. The molecule has 50 heavy (non-hydrogen) atoms. The third-order valence-corrected chi connectivity index (χ3v) is 10.0. The van der Waals surface area contributed by atoms with Crippen molar-refractivity contribution in [1.82, 2.24) is 0 Å². The molecule has 0 aliphatic heterocycles. The summed E-state index contributed by atoms with van der Waals surface area (Å²) in [7, 11) is 0. The molecule has 0 unspecified atom stereocenters.